The van der Waals surface area contributed by atoms with Crippen LogP contribution >= 0.6 is 0 Å². The Morgan fingerprint density at radius 3 is 1.55 bits per heavy atom. The SMILES string of the molecule is N.O=Cc1ccccc1C=O. The van der Waals surface area contributed by atoms with Gasteiger partial charge < -0.3 is 6.15 Å². The van der Waals surface area contributed by atoms with Crippen molar-refractivity contribution in [2.75, 3.05) is 0 Å². The smallest absolute Gasteiger partial charge is 0.150 e. The zero-order chi connectivity index (χ0) is 7.40. The van der Waals surface area contributed by atoms with E-state index in [4.69, 9.17) is 0 Å². The highest BCUT2D eigenvalue weighted by molar-refractivity contribution is 5.89. The molecule has 1 aromatic carbocycles. The number of hydrogen-bond acceptors (Lipinski definition) is 3. The fourth-order valence-electron chi connectivity index (χ4n) is 0.726. The molecule has 0 aliphatic carbocycles. The molecular weight excluding hydrogens is 142 g/mol. The Morgan fingerprint density at radius 1 is 0.909 bits per heavy atom. The average molecular weight is 151 g/mol. The summed E-state index contributed by atoms with van der Waals surface area (Å²) in [4.78, 5) is 20.5. The van der Waals surface area contributed by atoms with E-state index < -0.39 is 0 Å². The van der Waals surface area contributed by atoms with Crippen LogP contribution in [0.5, 0.6) is 0 Å². The van der Waals surface area contributed by atoms with Gasteiger partial charge in [-0.05, 0) is 0 Å². The van der Waals surface area contributed by atoms with Crippen LogP contribution < -0.4 is 6.15 Å². The van der Waals surface area contributed by atoms with Crippen LogP contribution in [0.3, 0.4) is 0 Å². The minimum absolute atomic E-state index is 0. The maximum atomic E-state index is 10.2. The van der Waals surface area contributed by atoms with E-state index >= 15 is 0 Å². The van der Waals surface area contributed by atoms with E-state index in [9.17, 15) is 9.59 Å². The van der Waals surface area contributed by atoms with Crippen LogP contribution in [-0.2, 0) is 0 Å². The number of rotatable bonds is 2. The normalized spacial score (nSPS) is 8.00. The molecule has 58 valence electrons. The molecule has 0 atom stereocenters. The Bertz CT molecular complexity index is 231. The van der Waals surface area contributed by atoms with Gasteiger partial charge in [0.15, 0.2) is 12.6 Å². The van der Waals surface area contributed by atoms with Crippen LogP contribution in [0.25, 0.3) is 0 Å². The van der Waals surface area contributed by atoms with Gasteiger partial charge in [0.05, 0.1) is 0 Å². The second-order valence-corrected chi connectivity index (χ2v) is 1.86. The summed E-state index contributed by atoms with van der Waals surface area (Å²) in [5.74, 6) is 0. The van der Waals surface area contributed by atoms with Crippen molar-refractivity contribution >= 4 is 12.6 Å². The summed E-state index contributed by atoms with van der Waals surface area (Å²) in [6.45, 7) is 0. The Morgan fingerprint density at radius 2 is 1.27 bits per heavy atom. The summed E-state index contributed by atoms with van der Waals surface area (Å²) >= 11 is 0. The number of benzene rings is 1. The minimum Gasteiger partial charge on any atom is -0.344 e. The molecule has 3 nitrogen and oxygen atoms in total. The van der Waals surface area contributed by atoms with Gasteiger partial charge in [-0.15, -0.1) is 0 Å². The van der Waals surface area contributed by atoms with Gasteiger partial charge in [-0.25, -0.2) is 0 Å². The van der Waals surface area contributed by atoms with Gasteiger partial charge in [0, 0.05) is 11.1 Å². The number of carbonyl (C=O) groups excluding carboxylic acids is 2. The van der Waals surface area contributed by atoms with Crippen LogP contribution in [0.4, 0.5) is 0 Å². The fourth-order valence-corrected chi connectivity index (χ4v) is 0.726. The molecule has 0 aliphatic heterocycles. The molecule has 0 saturated carbocycles. The summed E-state index contributed by atoms with van der Waals surface area (Å²) < 4.78 is 0. The predicted molar refractivity (Wildman–Crippen MR) is 42.2 cm³/mol. The van der Waals surface area contributed by atoms with E-state index in [-0.39, 0.29) is 6.15 Å². The molecule has 0 unspecified atom stereocenters. The van der Waals surface area contributed by atoms with Crippen LogP contribution in [0.1, 0.15) is 20.7 Å². The molecule has 0 aromatic heterocycles. The number of aldehydes is 2. The molecule has 0 bridgehead atoms. The van der Waals surface area contributed by atoms with E-state index in [1.54, 1.807) is 24.3 Å². The largest absolute Gasteiger partial charge is 0.344 e. The molecule has 0 saturated heterocycles. The molecular formula is C8H9NO2. The lowest BCUT2D eigenvalue weighted by atomic mass is 10.1. The maximum Gasteiger partial charge on any atom is 0.150 e. The van der Waals surface area contributed by atoms with E-state index in [1.807, 2.05) is 0 Å². The van der Waals surface area contributed by atoms with E-state index in [1.165, 1.54) is 0 Å². The molecule has 1 aromatic rings. The maximum absolute atomic E-state index is 10.2. The van der Waals surface area contributed by atoms with Gasteiger partial charge in [-0.2, -0.15) is 0 Å². The topological polar surface area (TPSA) is 69.1 Å². The fraction of sp³-hybridized carbons (Fsp3) is 0. The summed E-state index contributed by atoms with van der Waals surface area (Å²) in [6.07, 6.45) is 1.34. The van der Waals surface area contributed by atoms with E-state index in [0.717, 1.165) is 0 Å². The second-order valence-electron chi connectivity index (χ2n) is 1.86. The lowest BCUT2D eigenvalue weighted by Crippen LogP contribution is -1.87. The molecule has 3 N–H and O–H groups in total. The van der Waals surface area contributed by atoms with Gasteiger partial charge in [0.1, 0.15) is 0 Å². The van der Waals surface area contributed by atoms with Crippen LogP contribution in [-0.4, -0.2) is 12.6 Å². The number of carbonyl (C=O) groups is 2. The van der Waals surface area contributed by atoms with Gasteiger partial charge in [0.2, 0.25) is 0 Å². The Kier molecular flexibility index (Phi) is 3.77. The molecule has 0 spiro atoms. The van der Waals surface area contributed by atoms with Crippen molar-refractivity contribution in [2.45, 2.75) is 0 Å². The third-order valence-corrected chi connectivity index (χ3v) is 1.25. The molecule has 0 aliphatic rings. The van der Waals surface area contributed by atoms with Gasteiger partial charge in [-0.3, -0.25) is 9.59 Å². The first kappa shape index (κ1) is 9.52. The first-order chi connectivity index (χ1) is 4.88. The summed E-state index contributed by atoms with van der Waals surface area (Å²) in [6, 6.07) is 6.65. The molecule has 0 fully saturated rings. The Labute approximate surface area is 64.6 Å². The number of hydrogen-bond donors (Lipinski definition) is 1. The van der Waals surface area contributed by atoms with Crippen molar-refractivity contribution < 1.29 is 9.59 Å². The third kappa shape index (κ3) is 1.98. The second kappa shape index (κ2) is 4.35. The van der Waals surface area contributed by atoms with Gasteiger partial charge in [0.25, 0.3) is 0 Å². The summed E-state index contributed by atoms with van der Waals surface area (Å²) in [5.41, 5.74) is 0.884. The van der Waals surface area contributed by atoms with Crippen molar-refractivity contribution in [3.05, 3.63) is 35.4 Å². The quantitative estimate of drug-likeness (QED) is 0.650. The highest BCUT2D eigenvalue weighted by Crippen LogP contribution is 2.01. The zero-order valence-corrected chi connectivity index (χ0v) is 5.99. The van der Waals surface area contributed by atoms with Crippen molar-refractivity contribution in [1.29, 1.82) is 0 Å². The molecule has 3 heteroatoms. The highest BCUT2D eigenvalue weighted by atomic mass is 16.1. The van der Waals surface area contributed by atoms with Gasteiger partial charge >= 0.3 is 0 Å². The lowest BCUT2D eigenvalue weighted by molar-refractivity contribution is 0.109. The van der Waals surface area contributed by atoms with Crippen molar-refractivity contribution in [3.8, 4) is 0 Å². The standard InChI is InChI=1S/C8H6O2.H3N/c9-5-7-3-1-2-4-8(7)6-10;/h1-6H;1H3. The van der Waals surface area contributed by atoms with Crippen LogP contribution in [0, 0.1) is 0 Å². The summed E-state index contributed by atoms with van der Waals surface area (Å²) in [5, 5.41) is 0. The summed E-state index contributed by atoms with van der Waals surface area (Å²) in [7, 11) is 0. The van der Waals surface area contributed by atoms with Crippen molar-refractivity contribution in [3.63, 3.8) is 0 Å². The first-order valence-corrected chi connectivity index (χ1v) is 2.88. The molecule has 11 heavy (non-hydrogen) atoms. The minimum atomic E-state index is 0. The van der Waals surface area contributed by atoms with Gasteiger partial charge in [-0.1, -0.05) is 24.3 Å². The first-order valence-electron chi connectivity index (χ1n) is 2.88. The average Bonchev–Trinajstić information content (AvgIpc) is 2.04. The van der Waals surface area contributed by atoms with E-state index in [2.05, 4.69) is 0 Å². The van der Waals surface area contributed by atoms with Crippen LogP contribution in [0.15, 0.2) is 24.3 Å². The highest BCUT2D eigenvalue weighted by Gasteiger charge is 1.95. The lowest BCUT2D eigenvalue weighted by Gasteiger charge is -1.91. The van der Waals surface area contributed by atoms with Crippen molar-refractivity contribution in [1.82, 2.24) is 6.15 Å². The van der Waals surface area contributed by atoms with Crippen molar-refractivity contribution in [2.24, 2.45) is 0 Å². The van der Waals surface area contributed by atoms with E-state index in [0.29, 0.717) is 23.7 Å². The molecule has 1 rings (SSSR count). The molecule has 0 radical (unpaired) electrons. The molecule has 0 heterocycles. The third-order valence-electron chi connectivity index (χ3n) is 1.25. The monoisotopic (exact) mass is 151 g/mol. The predicted octanol–water partition coefficient (Wildman–Crippen LogP) is 1.47. The Balaban J connectivity index is 0.000001000. The van der Waals surface area contributed by atoms with Crippen LogP contribution in [0.2, 0.25) is 0 Å². The molecule has 0 amide bonds. The zero-order valence-electron chi connectivity index (χ0n) is 5.99. The Hall–Kier alpha value is -1.48.